The minimum atomic E-state index is -0.400. The smallest absolute Gasteiger partial charge is 0.270 e. The molecule has 2 aromatic carbocycles. The summed E-state index contributed by atoms with van der Waals surface area (Å²) in [4.78, 5) is 48.0. The van der Waals surface area contributed by atoms with Gasteiger partial charge in [-0.1, -0.05) is 0 Å². The second kappa shape index (κ2) is 19.0. The number of rotatable bonds is 14. The standard InChI is InChI=1S/2C17H20ClN3O4/c2*1-11-6-7-21(20-15(22)9-18)16(11)17(23)19-10-12-4-5-13(24-2)8-14(12)25-3/h2*4-8H,9-10H2,1-3H3,(H,19,23)(H,20,22). The summed E-state index contributed by atoms with van der Waals surface area (Å²) in [6, 6.07) is 14.2. The topological polar surface area (TPSA) is 163 Å². The number of benzene rings is 2. The molecule has 4 rings (SSSR count). The van der Waals surface area contributed by atoms with Crippen LogP contribution in [0.5, 0.6) is 23.0 Å². The lowest BCUT2D eigenvalue weighted by atomic mass is 10.2. The molecule has 2 aromatic heterocycles. The number of alkyl halides is 2. The summed E-state index contributed by atoms with van der Waals surface area (Å²) < 4.78 is 23.7. The minimum absolute atomic E-state index is 0.193. The van der Waals surface area contributed by atoms with Crippen LogP contribution < -0.4 is 40.4 Å². The van der Waals surface area contributed by atoms with Crippen LogP contribution in [0.2, 0.25) is 0 Å². The van der Waals surface area contributed by atoms with Crippen molar-refractivity contribution in [1.82, 2.24) is 20.0 Å². The summed E-state index contributed by atoms with van der Waals surface area (Å²) in [6.45, 7) is 4.10. The first-order chi connectivity index (χ1) is 24.0. The third kappa shape index (κ3) is 10.3. The Kier molecular flexibility index (Phi) is 14.9. The Morgan fingerprint density at radius 1 is 0.600 bits per heavy atom. The fraction of sp³-hybridized carbons (Fsp3) is 0.294. The summed E-state index contributed by atoms with van der Waals surface area (Å²) in [5.41, 5.74) is 8.83. The molecule has 0 aliphatic rings. The van der Waals surface area contributed by atoms with E-state index in [-0.39, 0.29) is 36.7 Å². The first-order valence-corrected chi connectivity index (χ1v) is 16.1. The van der Waals surface area contributed by atoms with E-state index < -0.39 is 11.8 Å². The van der Waals surface area contributed by atoms with Crippen molar-refractivity contribution in [1.29, 1.82) is 0 Å². The SMILES string of the molecule is COc1ccc(CNC(=O)c2c(C)ccn2NC(=O)CCl)c(OC)c1.COc1ccc(CNC(=O)c2c(C)ccn2NC(=O)CCl)c(OC)c1. The van der Waals surface area contributed by atoms with Gasteiger partial charge in [0.05, 0.1) is 28.4 Å². The molecule has 4 amide bonds. The second-order valence-electron chi connectivity index (χ2n) is 10.5. The van der Waals surface area contributed by atoms with Gasteiger partial charge in [0.1, 0.15) is 46.1 Å². The van der Waals surface area contributed by atoms with Crippen LogP contribution in [0.1, 0.15) is 43.2 Å². The number of aromatic nitrogens is 2. The molecule has 0 spiro atoms. The van der Waals surface area contributed by atoms with Gasteiger partial charge in [0, 0.05) is 48.7 Å². The van der Waals surface area contributed by atoms with Crippen molar-refractivity contribution in [3.63, 3.8) is 0 Å². The quantitative estimate of drug-likeness (QED) is 0.141. The molecular formula is C34H40Cl2N6O8. The van der Waals surface area contributed by atoms with Crippen LogP contribution in [-0.4, -0.2) is 73.2 Å². The second-order valence-corrected chi connectivity index (χ2v) is 11.0. The fourth-order valence-corrected chi connectivity index (χ4v) is 4.79. The highest BCUT2D eigenvalue weighted by atomic mass is 35.5. The van der Waals surface area contributed by atoms with Crippen LogP contribution in [0, 0.1) is 13.8 Å². The van der Waals surface area contributed by atoms with E-state index in [4.69, 9.17) is 42.1 Å². The lowest BCUT2D eigenvalue weighted by Gasteiger charge is -2.13. The Bertz CT molecular complexity index is 1680. The first-order valence-electron chi connectivity index (χ1n) is 15.1. The Morgan fingerprint density at radius 3 is 1.30 bits per heavy atom. The highest BCUT2D eigenvalue weighted by molar-refractivity contribution is 6.28. The van der Waals surface area contributed by atoms with Crippen LogP contribution in [0.25, 0.3) is 0 Å². The summed E-state index contributed by atoms with van der Waals surface area (Å²) in [6.07, 6.45) is 3.20. The molecule has 0 saturated heterocycles. The number of hydrogen-bond donors (Lipinski definition) is 4. The van der Waals surface area contributed by atoms with Gasteiger partial charge in [-0.25, -0.2) is 0 Å². The average Bonchev–Trinajstić information content (AvgIpc) is 3.69. The Hall–Kier alpha value is -5.34. The molecular weight excluding hydrogens is 691 g/mol. The molecule has 0 aliphatic heterocycles. The summed E-state index contributed by atoms with van der Waals surface area (Å²) >= 11 is 11.0. The molecule has 0 bridgehead atoms. The number of halogens is 2. The van der Waals surface area contributed by atoms with Gasteiger partial charge in [0.25, 0.3) is 23.6 Å². The van der Waals surface area contributed by atoms with Crippen molar-refractivity contribution in [2.75, 3.05) is 51.1 Å². The van der Waals surface area contributed by atoms with Gasteiger partial charge in [0.15, 0.2) is 0 Å². The molecule has 0 saturated carbocycles. The molecule has 16 heteroatoms. The lowest BCUT2D eigenvalue weighted by Crippen LogP contribution is -2.31. The highest BCUT2D eigenvalue weighted by Crippen LogP contribution is 2.25. The fourth-order valence-electron chi connectivity index (χ4n) is 4.67. The van der Waals surface area contributed by atoms with Gasteiger partial charge in [-0.3, -0.25) is 39.4 Å². The lowest BCUT2D eigenvalue weighted by molar-refractivity contribution is -0.115. The molecule has 14 nitrogen and oxygen atoms in total. The zero-order chi connectivity index (χ0) is 36.8. The third-order valence-electron chi connectivity index (χ3n) is 7.21. The molecule has 0 fully saturated rings. The number of nitrogens with zero attached hydrogens (tertiary/aromatic N) is 2. The Labute approximate surface area is 299 Å². The van der Waals surface area contributed by atoms with E-state index in [1.807, 2.05) is 12.1 Å². The van der Waals surface area contributed by atoms with Gasteiger partial charge in [-0.05, 0) is 61.4 Å². The Balaban J connectivity index is 0.000000270. The van der Waals surface area contributed by atoms with Crippen LogP contribution in [0.15, 0.2) is 60.9 Å². The maximum absolute atomic E-state index is 12.5. The van der Waals surface area contributed by atoms with E-state index in [1.54, 1.807) is 91.1 Å². The largest absolute Gasteiger partial charge is 0.497 e. The summed E-state index contributed by atoms with van der Waals surface area (Å²) in [5, 5.41) is 5.64. The van der Waals surface area contributed by atoms with Gasteiger partial charge in [-0.2, -0.15) is 0 Å². The predicted octanol–water partition coefficient (Wildman–Crippen LogP) is 4.11. The third-order valence-corrected chi connectivity index (χ3v) is 7.69. The zero-order valence-electron chi connectivity index (χ0n) is 28.5. The van der Waals surface area contributed by atoms with Crippen LogP contribution in [0.4, 0.5) is 0 Å². The number of ether oxygens (including phenoxy) is 4. The van der Waals surface area contributed by atoms with Gasteiger partial charge < -0.3 is 29.6 Å². The van der Waals surface area contributed by atoms with E-state index in [0.29, 0.717) is 34.4 Å². The molecule has 0 radical (unpaired) electrons. The highest BCUT2D eigenvalue weighted by Gasteiger charge is 2.18. The maximum Gasteiger partial charge on any atom is 0.270 e. The van der Waals surface area contributed by atoms with Crippen LogP contribution >= 0.6 is 23.2 Å². The van der Waals surface area contributed by atoms with Crippen molar-refractivity contribution >= 4 is 46.8 Å². The van der Waals surface area contributed by atoms with Gasteiger partial charge in [-0.15, -0.1) is 23.2 Å². The predicted molar refractivity (Wildman–Crippen MR) is 190 cm³/mol. The molecule has 0 unspecified atom stereocenters. The van der Waals surface area contributed by atoms with Crippen molar-refractivity contribution < 1.29 is 38.1 Å². The van der Waals surface area contributed by atoms with Crippen LogP contribution in [0.3, 0.4) is 0 Å². The van der Waals surface area contributed by atoms with Crippen molar-refractivity contribution in [3.05, 3.63) is 94.6 Å². The molecule has 4 aromatic rings. The van der Waals surface area contributed by atoms with E-state index in [0.717, 1.165) is 22.3 Å². The maximum atomic E-state index is 12.5. The number of carbonyl (C=O) groups is 4. The van der Waals surface area contributed by atoms with Crippen molar-refractivity contribution in [2.24, 2.45) is 0 Å². The monoisotopic (exact) mass is 730 g/mol. The number of aryl methyl sites for hydroxylation is 2. The molecule has 268 valence electrons. The number of methoxy groups -OCH3 is 4. The van der Waals surface area contributed by atoms with Crippen molar-refractivity contribution in [3.8, 4) is 23.0 Å². The number of carbonyl (C=O) groups excluding carboxylic acids is 4. The van der Waals surface area contributed by atoms with Gasteiger partial charge in [0.2, 0.25) is 0 Å². The average molecular weight is 732 g/mol. The molecule has 0 atom stereocenters. The summed E-state index contributed by atoms with van der Waals surface area (Å²) in [7, 11) is 6.25. The minimum Gasteiger partial charge on any atom is -0.497 e. The molecule has 2 heterocycles. The van der Waals surface area contributed by atoms with E-state index in [1.165, 1.54) is 9.35 Å². The van der Waals surface area contributed by atoms with E-state index in [2.05, 4.69) is 21.5 Å². The number of nitrogens with one attached hydrogen (secondary N) is 4. The zero-order valence-corrected chi connectivity index (χ0v) is 30.0. The van der Waals surface area contributed by atoms with Crippen molar-refractivity contribution in [2.45, 2.75) is 26.9 Å². The molecule has 0 aliphatic carbocycles. The summed E-state index contributed by atoms with van der Waals surface area (Å²) in [5.74, 6) is 0.727. The number of hydrogen-bond acceptors (Lipinski definition) is 8. The molecule has 4 N–H and O–H groups in total. The van der Waals surface area contributed by atoms with Crippen LogP contribution in [-0.2, 0) is 22.7 Å². The molecule has 50 heavy (non-hydrogen) atoms. The Morgan fingerprint density at radius 2 is 0.980 bits per heavy atom. The van der Waals surface area contributed by atoms with E-state index >= 15 is 0 Å². The van der Waals surface area contributed by atoms with Gasteiger partial charge >= 0.3 is 0 Å². The normalized spacial score (nSPS) is 10.2. The first kappa shape index (κ1) is 39.1. The van der Waals surface area contributed by atoms with E-state index in [9.17, 15) is 19.2 Å². The number of amides is 4.